The summed E-state index contributed by atoms with van der Waals surface area (Å²) < 4.78 is 0.241. The quantitative estimate of drug-likeness (QED) is 0.509. The largest absolute Gasteiger partial charge is 0.128 e. The third-order valence-corrected chi connectivity index (χ3v) is 2.80. The predicted molar refractivity (Wildman–Crippen MR) is 65.7 cm³/mol. The van der Waals surface area contributed by atoms with Crippen LogP contribution in [0.3, 0.4) is 0 Å². The average Bonchev–Trinajstić information content (AvgIpc) is 2.06. The fourth-order valence-corrected chi connectivity index (χ4v) is 2.18. The van der Waals surface area contributed by atoms with Crippen molar-refractivity contribution in [2.75, 3.05) is 0 Å². The Morgan fingerprint density at radius 1 is 1.29 bits per heavy atom. The summed E-state index contributed by atoms with van der Waals surface area (Å²) in [6, 6.07) is 8.33. The SMILES string of the molecule is C=C=Cc1ccccc1SC(C)(C)C. The molecule has 0 radical (unpaired) electrons. The molecule has 0 aliphatic carbocycles. The number of rotatable bonds is 2. The molecule has 0 atom stereocenters. The zero-order valence-corrected chi connectivity index (χ0v) is 9.82. The minimum Gasteiger partial charge on any atom is -0.128 e. The molecule has 0 N–H and O–H groups in total. The lowest BCUT2D eigenvalue weighted by atomic mass is 10.2. The lowest BCUT2D eigenvalue weighted by molar-refractivity contribution is 0.802. The first-order valence-corrected chi connectivity index (χ1v) is 5.48. The molecule has 1 heteroatoms. The maximum absolute atomic E-state index is 3.60. The van der Waals surface area contributed by atoms with Crippen LogP contribution in [-0.2, 0) is 0 Å². The van der Waals surface area contributed by atoms with Crippen LogP contribution in [0, 0.1) is 0 Å². The highest BCUT2D eigenvalue weighted by molar-refractivity contribution is 8.00. The molecule has 74 valence electrons. The second-order valence-electron chi connectivity index (χ2n) is 4.10. The fourth-order valence-electron chi connectivity index (χ4n) is 1.13. The molecule has 1 aromatic rings. The summed E-state index contributed by atoms with van der Waals surface area (Å²) in [5.41, 5.74) is 4.02. The van der Waals surface area contributed by atoms with E-state index in [2.05, 4.69) is 51.3 Å². The van der Waals surface area contributed by atoms with Crippen LogP contribution in [-0.4, -0.2) is 4.75 Å². The molecule has 0 amide bonds. The van der Waals surface area contributed by atoms with E-state index in [1.54, 1.807) is 0 Å². The molecule has 0 nitrogen and oxygen atoms in total. The first kappa shape index (κ1) is 11.2. The molecule has 0 heterocycles. The van der Waals surface area contributed by atoms with E-state index < -0.39 is 0 Å². The highest BCUT2D eigenvalue weighted by Gasteiger charge is 2.13. The molecule has 0 aliphatic heterocycles. The van der Waals surface area contributed by atoms with E-state index in [9.17, 15) is 0 Å². The van der Waals surface area contributed by atoms with Gasteiger partial charge in [-0.3, -0.25) is 0 Å². The van der Waals surface area contributed by atoms with Crippen molar-refractivity contribution >= 4 is 17.8 Å². The Balaban J connectivity index is 3.01. The molecule has 1 aromatic carbocycles. The van der Waals surface area contributed by atoms with Crippen LogP contribution in [0.25, 0.3) is 6.08 Å². The zero-order chi connectivity index (χ0) is 10.6. The normalized spacial score (nSPS) is 10.8. The molecular formula is C13H16S. The number of thioether (sulfide) groups is 1. The molecule has 0 aromatic heterocycles. The first-order valence-electron chi connectivity index (χ1n) is 4.67. The Morgan fingerprint density at radius 3 is 2.50 bits per heavy atom. The van der Waals surface area contributed by atoms with E-state index in [1.807, 2.05) is 23.9 Å². The highest BCUT2D eigenvalue weighted by atomic mass is 32.2. The van der Waals surface area contributed by atoms with Gasteiger partial charge in [0.2, 0.25) is 0 Å². The summed E-state index contributed by atoms with van der Waals surface area (Å²) in [6.45, 7) is 10.2. The van der Waals surface area contributed by atoms with Crippen LogP contribution in [0.15, 0.2) is 41.5 Å². The van der Waals surface area contributed by atoms with Crippen molar-refractivity contribution in [1.29, 1.82) is 0 Å². The van der Waals surface area contributed by atoms with Gasteiger partial charge in [-0.25, -0.2) is 0 Å². The molecular weight excluding hydrogens is 188 g/mol. The van der Waals surface area contributed by atoms with E-state index in [4.69, 9.17) is 0 Å². The van der Waals surface area contributed by atoms with Crippen molar-refractivity contribution in [1.82, 2.24) is 0 Å². The van der Waals surface area contributed by atoms with Crippen molar-refractivity contribution in [2.24, 2.45) is 0 Å². The average molecular weight is 204 g/mol. The molecule has 0 saturated carbocycles. The van der Waals surface area contributed by atoms with Gasteiger partial charge < -0.3 is 0 Å². The summed E-state index contributed by atoms with van der Waals surface area (Å²) in [5.74, 6) is 0. The summed E-state index contributed by atoms with van der Waals surface area (Å²) in [5, 5.41) is 0. The van der Waals surface area contributed by atoms with E-state index >= 15 is 0 Å². The summed E-state index contributed by atoms with van der Waals surface area (Å²) in [6.07, 6.45) is 1.92. The molecule has 14 heavy (non-hydrogen) atoms. The van der Waals surface area contributed by atoms with Crippen LogP contribution in [0.4, 0.5) is 0 Å². The number of hydrogen-bond acceptors (Lipinski definition) is 1. The van der Waals surface area contributed by atoms with Gasteiger partial charge in [-0.2, -0.15) is 0 Å². The second-order valence-corrected chi connectivity index (χ2v) is 5.97. The van der Waals surface area contributed by atoms with Gasteiger partial charge in [-0.05, 0) is 17.7 Å². The van der Waals surface area contributed by atoms with Gasteiger partial charge in [-0.15, -0.1) is 17.5 Å². The second kappa shape index (κ2) is 4.54. The maximum atomic E-state index is 3.60. The standard InChI is InChI=1S/C13H16S/c1-5-8-11-9-6-7-10-12(11)14-13(2,3)4/h6-10H,1H2,2-4H3. The first-order chi connectivity index (χ1) is 6.53. The monoisotopic (exact) mass is 204 g/mol. The molecule has 0 saturated heterocycles. The van der Waals surface area contributed by atoms with E-state index in [0.717, 1.165) is 0 Å². The van der Waals surface area contributed by atoms with Crippen molar-refractivity contribution in [3.63, 3.8) is 0 Å². The lowest BCUT2D eigenvalue weighted by Crippen LogP contribution is -2.06. The van der Waals surface area contributed by atoms with Gasteiger partial charge >= 0.3 is 0 Å². The number of hydrogen-bond donors (Lipinski definition) is 0. The Hall–Kier alpha value is -0.910. The number of benzene rings is 1. The summed E-state index contributed by atoms with van der Waals surface area (Å²) in [7, 11) is 0. The third-order valence-electron chi connectivity index (χ3n) is 1.59. The molecule has 1 rings (SSSR count). The van der Waals surface area contributed by atoms with Crippen LogP contribution in [0.1, 0.15) is 26.3 Å². The van der Waals surface area contributed by atoms with Crippen LogP contribution >= 0.6 is 11.8 Å². The van der Waals surface area contributed by atoms with Crippen LogP contribution < -0.4 is 0 Å². The van der Waals surface area contributed by atoms with Crippen LogP contribution in [0.2, 0.25) is 0 Å². The molecule has 0 fully saturated rings. The Morgan fingerprint density at radius 2 is 1.93 bits per heavy atom. The van der Waals surface area contributed by atoms with Crippen molar-refractivity contribution in [3.8, 4) is 0 Å². The Kier molecular flexibility index (Phi) is 3.62. The predicted octanol–water partition coefficient (Wildman–Crippen LogP) is 4.38. The molecule has 0 spiro atoms. The fraction of sp³-hybridized carbons (Fsp3) is 0.308. The molecule has 0 aliphatic rings. The van der Waals surface area contributed by atoms with Gasteiger partial charge in [0.05, 0.1) is 0 Å². The Bertz CT molecular complexity index is 352. The van der Waals surface area contributed by atoms with Crippen molar-refractivity contribution in [3.05, 3.63) is 42.1 Å². The topological polar surface area (TPSA) is 0 Å². The summed E-state index contributed by atoms with van der Waals surface area (Å²) in [4.78, 5) is 1.29. The van der Waals surface area contributed by atoms with Gasteiger partial charge in [-0.1, -0.05) is 45.5 Å². The van der Waals surface area contributed by atoms with Crippen molar-refractivity contribution in [2.45, 2.75) is 30.4 Å². The minimum absolute atomic E-state index is 0.241. The van der Waals surface area contributed by atoms with Gasteiger partial charge in [0.1, 0.15) is 0 Å². The van der Waals surface area contributed by atoms with E-state index in [0.29, 0.717) is 0 Å². The zero-order valence-electron chi connectivity index (χ0n) is 9.00. The van der Waals surface area contributed by atoms with Crippen LogP contribution in [0.5, 0.6) is 0 Å². The van der Waals surface area contributed by atoms with E-state index in [1.165, 1.54) is 10.5 Å². The smallest absolute Gasteiger partial charge is 0.0156 e. The van der Waals surface area contributed by atoms with E-state index in [-0.39, 0.29) is 4.75 Å². The molecule has 0 unspecified atom stereocenters. The Labute approximate surface area is 90.7 Å². The highest BCUT2D eigenvalue weighted by Crippen LogP contribution is 2.34. The van der Waals surface area contributed by atoms with Gasteiger partial charge in [0.15, 0.2) is 0 Å². The van der Waals surface area contributed by atoms with Crippen molar-refractivity contribution < 1.29 is 0 Å². The maximum Gasteiger partial charge on any atom is 0.0156 e. The van der Waals surface area contributed by atoms with Gasteiger partial charge in [0, 0.05) is 9.64 Å². The lowest BCUT2D eigenvalue weighted by Gasteiger charge is -2.18. The van der Waals surface area contributed by atoms with Gasteiger partial charge in [0.25, 0.3) is 0 Å². The third kappa shape index (κ3) is 3.45. The summed E-state index contributed by atoms with van der Waals surface area (Å²) >= 11 is 1.87. The molecule has 0 bridgehead atoms. The minimum atomic E-state index is 0.241.